The van der Waals surface area contributed by atoms with Crippen molar-refractivity contribution in [1.29, 1.82) is 0 Å². The second-order valence-electron chi connectivity index (χ2n) is 6.56. The first-order chi connectivity index (χ1) is 8.89. The van der Waals surface area contributed by atoms with Gasteiger partial charge in [0.25, 0.3) is 0 Å². The zero-order valence-corrected chi connectivity index (χ0v) is 13.7. The Morgan fingerprint density at radius 2 is 1.80 bits per heavy atom. The molecule has 1 fully saturated rings. The van der Waals surface area contributed by atoms with E-state index >= 15 is 0 Å². The second-order valence-corrected chi connectivity index (χ2v) is 6.56. The summed E-state index contributed by atoms with van der Waals surface area (Å²) in [4.78, 5) is 2.52. The largest absolute Gasteiger partial charge is 0.314 e. The molecule has 4 heteroatoms. The number of nitrogens with one attached hydrogen (secondary N) is 1. The lowest BCUT2D eigenvalue weighted by molar-refractivity contribution is 0.0857. The fourth-order valence-electron chi connectivity index (χ4n) is 3.10. The van der Waals surface area contributed by atoms with Crippen molar-refractivity contribution in [3.05, 3.63) is 35.1 Å². The summed E-state index contributed by atoms with van der Waals surface area (Å²) in [6.07, 6.45) is 0. The molecule has 1 aliphatic rings. The Bertz CT molecular complexity index is 437. The molecule has 0 saturated carbocycles. The molecule has 2 nitrogen and oxygen atoms in total. The second kappa shape index (κ2) is 6.88. The summed E-state index contributed by atoms with van der Waals surface area (Å²) in [5.41, 5.74) is 2.45. The van der Waals surface area contributed by atoms with Crippen LogP contribution in [0.1, 0.15) is 37.9 Å². The molecule has 1 aromatic rings. The fourth-order valence-corrected chi connectivity index (χ4v) is 3.10. The molecule has 0 amide bonds. The maximum absolute atomic E-state index is 13.3. The molecule has 0 unspecified atom stereocenters. The minimum absolute atomic E-state index is 0. The van der Waals surface area contributed by atoms with E-state index in [0.717, 1.165) is 31.7 Å². The van der Waals surface area contributed by atoms with Gasteiger partial charge >= 0.3 is 0 Å². The van der Waals surface area contributed by atoms with Gasteiger partial charge < -0.3 is 5.32 Å². The molecule has 2 rings (SSSR count). The maximum atomic E-state index is 13.3. The lowest BCUT2D eigenvalue weighted by atomic mass is 9.79. The molecule has 0 spiro atoms. The summed E-state index contributed by atoms with van der Waals surface area (Å²) in [6.45, 7) is 13.0. The van der Waals surface area contributed by atoms with Crippen molar-refractivity contribution < 1.29 is 4.39 Å². The van der Waals surface area contributed by atoms with Crippen LogP contribution in [-0.4, -0.2) is 31.1 Å². The molecule has 1 aromatic carbocycles. The van der Waals surface area contributed by atoms with E-state index in [1.54, 1.807) is 12.1 Å². The highest BCUT2D eigenvalue weighted by Crippen LogP contribution is 2.39. The molecule has 0 aliphatic carbocycles. The Morgan fingerprint density at radius 3 is 2.30 bits per heavy atom. The van der Waals surface area contributed by atoms with Gasteiger partial charge in [-0.15, -0.1) is 12.4 Å². The number of hydrogen-bond donors (Lipinski definition) is 1. The van der Waals surface area contributed by atoms with Crippen molar-refractivity contribution in [1.82, 2.24) is 10.2 Å². The monoisotopic (exact) mass is 300 g/mol. The van der Waals surface area contributed by atoms with Crippen molar-refractivity contribution in [3.63, 3.8) is 0 Å². The quantitative estimate of drug-likeness (QED) is 0.898. The van der Waals surface area contributed by atoms with Crippen LogP contribution in [0.15, 0.2) is 18.2 Å². The zero-order chi connectivity index (χ0) is 14.0. The first kappa shape index (κ1) is 17.4. The van der Waals surface area contributed by atoms with Crippen LogP contribution >= 0.6 is 12.4 Å². The minimum atomic E-state index is -0.144. The Hall–Kier alpha value is -0.640. The van der Waals surface area contributed by atoms with E-state index in [4.69, 9.17) is 0 Å². The van der Waals surface area contributed by atoms with E-state index in [1.807, 2.05) is 13.0 Å². The lowest BCUT2D eigenvalue weighted by Gasteiger charge is -2.43. The predicted octanol–water partition coefficient (Wildman–Crippen LogP) is 3.55. The molecule has 1 heterocycles. The van der Waals surface area contributed by atoms with Crippen LogP contribution in [0, 0.1) is 18.2 Å². The van der Waals surface area contributed by atoms with Crippen molar-refractivity contribution in [2.45, 2.75) is 33.7 Å². The minimum Gasteiger partial charge on any atom is -0.314 e. The van der Waals surface area contributed by atoms with Crippen LogP contribution in [0.2, 0.25) is 0 Å². The summed E-state index contributed by atoms with van der Waals surface area (Å²) in [5.74, 6) is -0.144. The molecular weight excluding hydrogens is 275 g/mol. The van der Waals surface area contributed by atoms with Gasteiger partial charge in [-0.25, -0.2) is 4.39 Å². The van der Waals surface area contributed by atoms with Gasteiger partial charge in [0, 0.05) is 32.2 Å². The number of piperazine rings is 1. The van der Waals surface area contributed by atoms with E-state index in [0.29, 0.717) is 6.04 Å². The van der Waals surface area contributed by atoms with Crippen LogP contribution in [0.5, 0.6) is 0 Å². The van der Waals surface area contributed by atoms with Crippen molar-refractivity contribution >= 4 is 12.4 Å². The first-order valence-electron chi connectivity index (χ1n) is 7.10. The van der Waals surface area contributed by atoms with Crippen molar-refractivity contribution in [2.75, 3.05) is 26.2 Å². The van der Waals surface area contributed by atoms with Crippen LogP contribution < -0.4 is 5.32 Å². The normalized spacial score (nSPS) is 18.4. The smallest absolute Gasteiger partial charge is 0.123 e. The van der Waals surface area contributed by atoms with E-state index in [2.05, 4.69) is 31.0 Å². The molecule has 114 valence electrons. The summed E-state index contributed by atoms with van der Waals surface area (Å²) in [7, 11) is 0. The number of benzene rings is 1. The Kier molecular flexibility index (Phi) is 5.99. The highest BCUT2D eigenvalue weighted by molar-refractivity contribution is 5.85. The SMILES string of the molecule is Cc1cc(F)ccc1[C@@H](N1CCNCC1)C(C)(C)C.Cl. The highest BCUT2D eigenvalue weighted by atomic mass is 35.5. The maximum Gasteiger partial charge on any atom is 0.123 e. The number of nitrogens with zero attached hydrogens (tertiary/aromatic N) is 1. The summed E-state index contributed by atoms with van der Waals surface area (Å²) < 4.78 is 13.3. The molecule has 20 heavy (non-hydrogen) atoms. The number of halogens is 2. The van der Waals surface area contributed by atoms with Gasteiger partial charge in [0.15, 0.2) is 0 Å². The zero-order valence-electron chi connectivity index (χ0n) is 12.9. The summed E-state index contributed by atoms with van der Waals surface area (Å²) >= 11 is 0. The summed E-state index contributed by atoms with van der Waals surface area (Å²) in [5, 5.41) is 3.39. The molecular formula is C16H26ClFN2. The molecule has 1 atom stereocenters. The van der Waals surface area contributed by atoms with E-state index in [-0.39, 0.29) is 23.6 Å². The van der Waals surface area contributed by atoms with Crippen LogP contribution in [0.4, 0.5) is 4.39 Å². The van der Waals surface area contributed by atoms with Crippen LogP contribution in [-0.2, 0) is 0 Å². The predicted molar refractivity (Wildman–Crippen MR) is 85.0 cm³/mol. The Labute approximate surface area is 128 Å². The van der Waals surface area contributed by atoms with E-state index in [1.165, 1.54) is 5.56 Å². The van der Waals surface area contributed by atoms with Crippen molar-refractivity contribution in [3.8, 4) is 0 Å². The third kappa shape index (κ3) is 3.94. The van der Waals surface area contributed by atoms with Gasteiger partial charge in [0.1, 0.15) is 5.82 Å². The van der Waals surface area contributed by atoms with Gasteiger partial charge in [0.2, 0.25) is 0 Å². The molecule has 0 bridgehead atoms. The molecule has 1 N–H and O–H groups in total. The highest BCUT2D eigenvalue weighted by Gasteiger charge is 2.33. The Morgan fingerprint density at radius 1 is 1.20 bits per heavy atom. The third-order valence-corrected chi connectivity index (χ3v) is 3.86. The van der Waals surface area contributed by atoms with Crippen LogP contribution in [0.25, 0.3) is 0 Å². The van der Waals surface area contributed by atoms with Gasteiger partial charge in [-0.2, -0.15) is 0 Å². The molecule has 0 aromatic heterocycles. The average molecular weight is 301 g/mol. The Balaban J connectivity index is 0.00000200. The van der Waals surface area contributed by atoms with Gasteiger partial charge in [-0.05, 0) is 35.6 Å². The van der Waals surface area contributed by atoms with E-state index in [9.17, 15) is 4.39 Å². The van der Waals surface area contributed by atoms with Crippen molar-refractivity contribution in [2.24, 2.45) is 5.41 Å². The van der Waals surface area contributed by atoms with Gasteiger partial charge in [0.05, 0.1) is 0 Å². The lowest BCUT2D eigenvalue weighted by Crippen LogP contribution is -2.48. The van der Waals surface area contributed by atoms with Gasteiger partial charge in [-0.1, -0.05) is 26.8 Å². The van der Waals surface area contributed by atoms with Gasteiger partial charge in [-0.3, -0.25) is 4.90 Å². The topological polar surface area (TPSA) is 15.3 Å². The standard InChI is InChI=1S/C16H25FN2.ClH/c1-12-11-13(17)5-6-14(12)15(16(2,3)4)19-9-7-18-8-10-19;/h5-6,11,15,18H,7-10H2,1-4H3;1H/t15-;/m1./s1. The molecule has 0 radical (unpaired) electrons. The third-order valence-electron chi connectivity index (χ3n) is 3.86. The fraction of sp³-hybridized carbons (Fsp3) is 0.625. The molecule has 1 saturated heterocycles. The van der Waals surface area contributed by atoms with Crippen LogP contribution in [0.3, 0.4) is 0 Å². The average Bonchev–Trinajstić information content (AvgIpc) is 2.32. The number of rotatable bonds is 2. The van der Waals surface area contributed by atoms with E-state index < -0.39 is 0 Å². The molecule has 1 aliphatic heterocycles. The first-order valence-corrected chi connectivity index (χ1v) is 7.10. The number of aryl methyl sites for hydroxylation is 1. The summed E-state index contributed by atoms with van der Waals surface area (Å²) in [6, 6.07) is 5.54. The number of hydrogen-bond acceptors (Lipinski definition) is 2.